The van der Waals surface area contributed by atoms with Gasteiger partial charge in [-0.1, -0.05) is 6.07 Å². The molecular weight excluding hydrogens is 316 g/mol. The molecule has 0 bridgehead atoms. The molecule has 134 valence electrons. The van der Waals surface area contributed by atoms with E-state index in [0.29, 0.717) is 12.8 Å². The molecule has 0 saturated carbocycles. The predicted molar refractivity (Wildman–Crippen MR) is 93.9 cm³/mol. The van der Waals surface area contributed by atoms with Gasteiger partial charge in [-0.05, 0) is 56.4 Å². The Morgan fingerprint density at radius 2 is 2.04 bits per heavy atom. The zero-order valence-electron chi connectivity index (χ0n) is 14.6. The lowest BCUT2D eigenvalue weighted by atomic mass is 9.88. The van der Waals surface area contributed by atoms with Gasteiger partial charge in [0.1, 0.15) is 23.2 Å². The van der Waals surface area contributed by atoms with Gasteiger partial charge in [-0.2, -0.15) is 0 Å². The number of rotatable bonds is 4. The fraction of sp³-hybridized carbons (Fsp3) is 0.550. The van der Waals surface area contributed by atoms with Crippen LogP contribution in [0.15, 0.2) is 40.9 Å². The van der Waals surface area contributed by atoms with Crippen molar-refractivity contribution in [3.8, 4) is 0 Å². The molecule has 25 heavy (non-hydrogen) atoms. The number of piperidine rings is 1. The first-order chi connectivity index (χ1) is 12.2. The molecule has 2 aliphatic heterocycles. The van der Waals surface area contributed by atoms with Gasteiger partial charge in [-0.25, -0.2) is 0 Å². The highest BCUT2D eigenvalue weighted by Gasteiger charge is 2.35. The van der Waals surface area contributed by atoms with Gasteiger partial charge in [0.2, 0.25) is 0 Å². The summed E-state index contributed by atoms with van der Waals surface area (Å²) in [6, 6.07) is 9.85. The van der Waals surface area contributed by atoms with Crippen LogP contribution in [0.1, 0.15) is 55.4 Å². The Morgan fingerprint density at radius 1 is 1.16 bits per heavy atom. The highest BCUT2D eigenvalue weighted by Crippen LogP contribution is 2.33. The summed E-state index contributed by atoms with van der Waals surface area (Å²) in [4.78, 5) is 6.67. The van der Waals surface area contributed by atoms with Crippen LogP contribution in [0.4, 0.5) is 0 Å². The summed E-state index contributed by atoms with van der Waals surface area (Å²) in [5.74, 6) is 1.93. The standard InChI is InChI=1S/C20H26N2O3/c23-20(19-6-1-3-11-21-19)9-12-22(13-10-20)15-16-7-8-18(25-16)17-5-2-4-14-24-17/h1,3,6-8,11,17,23H,2,4-5,9-10,12-15H2. The van der Waals surface area contributed by atoms with E-state index < -0.39 is 5.60 Å². The van der Waals surface area contributed by atoms with E-state index in [4.69, 9.17) is 9.15 Å². The number of aromatic nitrogens is 1. The van der Waals surface area contributed by atoms with E-state index in [-0.39, 0.29) is 6.10 Å². The Hall–Kier alpha value is -1.69. The number of nitrogens with zero attached hydrogens (tertiary/aromatic N) is 2. The summed E-state index contributed by atoms with van der Waals surface area (Å²) in [5, 5.41) is 10.9. The van der Waals surface area contributed by atoms with Gasteiger partial charge in [0.05, 0.1) is 12.2 Å². The van der Waals surface area contributed by atoms with Gasteiger partial charge in [-0.15, -0.1) is 0 Å². The molecule has 2 fully saturated rings. The number of likely N-dealkylation sites (tertiary alicyclic amines) is 1. The van der Waals surface area contributed by atoms with Crippen LogP contribution < -0.4 is 0 Å². The van der Waals surface area contributed by atoms with Crippen LogP contribution in [0, 0.1) is 0 Å². The van der Waals surface area contributed by atoms with Gasteiger partial charge in [0, 0.05) is 25.9 Å². The summed E-state index contributed by atoms with van der Waals surface area (Å²) in [6.07, 6.45) is 6.67. The SMILES string of the molecule is OC1(c2ccccn2)CCN(Cc2ccc(C3CCCCO3)o2)CC1. The monoisotopic (exact) mass is 342 g/mol. The van der Waals surface area contributed by atoms with E-state index in [9.17, 15) is 5.11 Å². The summed E-state index contributed by atoms with van der Waals surface area (Å²) < 4.78 is 11.8. The van der Waals surface area contributed by atoms with Crippen LogP contribution in [-0.2, 0) is 16.9 Å². The van der Waals surface area contributed by atoms with Crippen molar-refractivity contribution in [1.29, 1.82) is 0 Å². The summed E-state index contributed by atoms with van der Waals surface area (Å²) >= 11 is 0. The zero-order chi connectivity index (χ0) is 17.1. The van der Waals surface area contributed by atoms with Crippen molar-refractivity contribution in [2.75, 3.05) is 19.7 Å². The van der Waals surface area contributed by atoms with Crippen molar-refractivity contribution in [2.45, 2.75) is 50.4 Å². The minimum Gasteiger partial charge on any atom is -0.462 e. The molecular formula is C20H26N2O3. The minimum absolute atomic E-state index is 0.123. The molecule has 0 radical (unpaired) electrons. The third-order valence-electron chi connectivity index (χ3n) is 5.38. The summed E-state index contributed by atoms with van der Waals surface area (Å²) in [5.41, 5.74) is -0.0217. The van der Waals surface area contributed by atoms with Gasteiger partial charge < -0.3 is 14.3 Å². The van der Waals surface area contributed by atoms with E-state index in [2.05, 4.69) is 22.0 Å². The lowest BCUT2D eigenvalue weighted by Crippen LogP contribution is -2.42. The van der Waals surface area contributed by atoms with Crippen molar-refractivity contribution in [2.24, 2.45) is 0 Å². The van der Waals surface area contributed by atoms with Gasteiger partial charge in [0.15, 0.2) is 0 Å². The van der Waals surface area contributed by atoms with Crippen molar-refractivity contribution in [3.63, 3.8) is 0 Å². The van der Waals surface area contributed by atoms with Crippen LogP contribution in [0.2, 0.25) is 0 Å². The van der Waals surface area contributed by atoms with Gasteiger partial charge in [-0.3, -0.25) is 9.88 Å². The first-order valence-electron chi connectivity index (χ1n) is 9.29. The van der Waals surface area contributed by atoms with Crippen molar-refractivity contribution >= 4 is 0 Å². The molecule has 2 aromatic heterocycles. The number of aliphatic hydroxyl groups is 1. The lowest BCUT2D eigenvalue weighted by Gasteiger charge is -2.37. The first-order valence-corrected chi connectivity index (χ1v) is 9.29. The molecule has 1 unspecified atom stereocenters. The number of hydrogen-bond acceptors (Lipinski definition) is 5. The smallest absolute Gasteiger partial charge is 0.133 e. The van der Waals surface area contributed by atoms with Crippen LogP contribution >= 0.6 is 0 Å². The second-order valence-corrected chi connectivity index (χ2v) is 7.18. The second kappa shape index (κ2) is 7.28. The summed E-state index contributed by atoms with van der Waals surface area (Å²) in [7, 11) is 0. The number of hydrogen-bond donors (Lipinski definition) is 1. The maximum absolute atomic E-state index is 10.9. The third-order valence-corrected chi connectivity index (χ3v) is 5.38. The quantitative estimate of drug-likeness (QED) is 0.923. The molecule has 4 heterocycles. The van der Waals surface area contributed by atoms with Crippen molar-refractivity contribution in [3.05, 3.63) is 53.7 Å². The average Bonchev–Trinajstić information content (AvgIpc) is 3.14. The Morgan fingerprint density at radius 3 is 2.76 bits per heavy atom. The Labute approximate surface area is 148 Å². The number of pyridine rings is 1. The maximum atomic E-state index is 10.9. The highest BCUT2D eigenvalue weighted by atomic mass is 16.5. The molecule has 4 rings (SSSR count). The largest absolute Gasteiger partial charge is 0.462 e. The van der Waals surface area contributed by atoms with E-state index in [0.717, 1.165) is 56.3 Å². The van der Waals surface area contributed by atoms with E-state index >= 15 is 0 Å². The Kier molecular flexibility index (Phi) is 4.88. The molecule has 1 atom stereocenters. The molecule has 0 aliphatic carbocycles. The van der Waals surface area contributed by atoms with E-state index in [1.807, 2.05) is 18.2 Å². The normalized spacial score (nSPS) is 24.3. The Bertz CT molecular complexity index is 671. The molecule has 5 nitrogen and oxygen atoms in total. The second-order valence-electron chi connectivity index (χ2n) is 7.18. The molecule has 0 amide bonds. The fourth-order valence-electron chi connectivity index (χ4n) is 3.81. The van der Waals surface area contributed by atoms with E-state index in [1.54, 1.807) is 6.20 Å². The first kappa shape index (κ1) is 16.8. The van der Waals surface area contributed by atoms with Gasteiger partial charge >= 0.3 is 0 Å². The van der Waals surface area contributed by atoms with E-state index in [1.165, 1.54) is 6.42 Å². The number of ether oxygens (including phenoxy) is 1. The molecule has 2 aliphatic rings. The third kappa shape index (κ3) is 3.78. The highest BCUT2D eigenvalue weighted by molar-refractivity contribution is 5.15. The van der Waals surface area contributed by atoms with Crippen LogP contribution in [0.25, 0.3) is 0 Å². The Balaban J connectivity index is 1.34. The molecule has 5 heteroatoms. The molecule has 0 aromatic carbocycles. The van der Waals surface area contributed by atoms with Crippen LogP contribution in [0.5, 0.6) is 0 Å². The van der Waals surface area contributed by atoms with Crippen LogP contribution in [-0.4, -0.2) is 34.7 Å². The van der Waals surface area contributed by atoms with Gasteiger partial charge in [0.25, 0.3) is 0 Å². The topological polar surface area (TPSA) is 58.7 Å². The lowest BCUT2D eigenvalue weighted by molar-refractivity contribution is -0.0328. The molecule has 2 aromatic rings. The predicted octanol–water partition coefficient (Wildman–Crippen LogP) is 3.40. The fourth-order valence-corrected chi connectivity index (χ4v) is 3.81. The zero-order valence-corrected chi connectivity index (χ0v) is 14.6. The minimum atomic E-state index is -0.804. The van der Waals surface area contributed by atoms with Crippen molar-refractivity contribution < 1.29 is 14.3 Å². The molecule has 2 saturated heterocycles. The maximum Gasteiger partial charge on any atom is 0.133 e. The summed E-state index contributed by atoms with van der Waals surface area (Å²) in [6.45, 7) is 3.29. The number of furan rings is 1. The van der Waals surface area contributed by atoms with Crippen molar-refractivity contribution in [1.82, 2.24) is 9.88 Å². The molecule has 0 spiro atoms. The molecule has 1 N–H and O–H groups in total. The average molecular weight is 342 g/mol. The van der Waals surface area contributed by atoms with Crippen LogP contribution in [0.3, 0.4) is 0 Å².